The van der Waals surface area contributed by atoms with Gasteiger partial charge in [0.05, 0.1) is 17.9 Å². The molecule has 1 unspecified atom stereocenters. The zero-order chi connectivity index (χ0) is 14.7. The van der Waals surface area contributed by atoms with E-state index < -0.39 is 0 Å². The first-order chi connectivity index (χ1) is 10.3. The Bertz CT molecular complexity index is 611. The van der Waals surface area contributed by atoms with E-state index in [1.165, 1.54) is 0 Å². The van der Waals surface area contributed by atoms with Crippen molar-refractivity contribution in [2.75, 3.05) is 20.3 Å². The minimum absolute atomic E-state index is 0.0300. The molecule has 0 fully saturated rings. The average Bonchev–Trinajstić information content (AvgIpc) is 2.97. The van der Waals surface area contributed by atoms with Crippen LogP contribution in [0.5, 0.6) is 11.5 Å². The van der Waals surface area contributed by atoms with Crippen molar-refractivity contribution in [3.63, 3.8) is 0 Å². The predicted octanol–water partition coefficient (Wildman–Crippen LogP) is 1.77. The van der Waals surface area contributed by atoms with Gasteiger partial charge < -0.3 is 14.8 Å². The minimum atomic E-state index is 0.0300. The maximum Gasteiger partial charge on any atom is 0.161 e. The number of ether oxygens (including phenoxy) is 2. The summed E-state index contributed by atoms with van der Waals surface area (Å²) in [5.74, 6) is 1.61. The minimum Gasteiger partial charge on any atom is -0.486 e. The van der Waals surface area contributed by atoms with Gasteiger partial charge in [0.25, 0.3) is 0 Å². The van der Waals surface area contributed by atoms with Crippen LogP contribution < -0.4 is 14.8 Å². The zero-order valence-electron chi connectivity index (χ0n) is 12.4. The first kappa shape index (κ1) is 13.9. The molecule has 1 aromatic carbocycles. The second kappa shape index (κ2) is 6.13. The van der Waals surface area contributed by atoms with Crippen LogP contribution in [0.1, 0.15) is 30.6 Å². The fraction of sp³-hybridized carbons (Fsp3) is 0.467. The first-order valence-electron chi connectivity index (χ1n) is 7.28. The van der Waals surface area contributed by atoms with Gasteiger partial charge in [-0.25, -0.2) is 4.68 Å². The van der Waals surface area contributed by atoms with Crippen LogP contribution in [0, 0.1) is 0 Å². The Kier molecular flexibility index (Phi) is 4.06. The van der Waals surface area contributed by atoms with Gasteiger partial charge in [0.2, 0.25) is 0 Å². The quantitative estimate of drug-likeness (QED) is 0.908. The highest BCUT2D eigenvalue weighted by Gasteiger charge is 2.20. The van der Waals surface area contributed by atoms with Gasteiger partial charge in [-0.05, 0) is 31.2 Å². The summed E-state index contributed by atoms with van der Waals surface area (Å²) < 4.78 is 13.2. The van der Waals surface area contributed by atoms with Crippen LogP contribution in [-0.4, -0.2) is 35.3 Å². The number of rotatable bonds is 5. The molecular formula is C15H20N4O2. The molecule has 1 N–H and O–H groups in total. The molecule has 112 valence electrons. The molecule has 0 amide bonds. The molecule has 1 atom stereocenters. The van der Waals surface area contributed by atoms with Crippen molar-refractivity contribution in [1.82, 2.24) is 20.3 Å². The third-order valence-electron chi connectivity index (χ3n) is 3.57. The highest BCUT2D eigenvalue weighted by molar-refractivity contribution is 5.45. The van der Waals surface area contributed by atoms with E-state index in [9.17, 15) is 0 Å². The van der Waals surface area contributed by atoms with Crippen molar-refractivity contribution in [2.45, 2.75) is 25.9 Å². The maximum atomic E-state index is 5.66. The SMILES string of the molecule is CCCn1nncc1C(NC)c1ccc2c(c1)OCCO2. The second-order valence-electron chi connectivity index (χ2n) is 5.01. The van der Waals surface area contributed by atoms with Crippen LogP contribution in [-0.2, 0) is 6.54 Å². The van der Waals surface area contributed by atoms with E-state index in [1.54, 1.807) is 0 Å². The van der Waals surface area contributed by atoms with Crippen LogP contribution in [0.25, 0.3) is 0 Å². The summed E-state index contributed by atoms with van der Waals surface area (Å²) in [6, 6.07) is 6.07. The fourth-order valence-electron chi connectivity index (χ4n) is 2.60. The number of nitrogens with one attached hydrogen (secondary N) is 1. The van der Waals surface area contributed by atoms with E-state index in [4.69, 9.17) is 9.47 Å². The number of nitrogens with zero attached hydrogens (tertiary/aromatic N) is 3. The molecule has 2 aromatic rings. The molecule has 0 saturated heterocycles. The fourth-order valence-corrected chi connectivity index (χ4v) is 2.60. The Hall–Kier alpha value is -2.08. The monoisotopic (exact) mass is 288 g/mol. The summed E-state index contributed by atoms with van der Waals surface area (Å²) in [4.78, 5) is 0. The number of aromatic nitrogens is 3. The molecule has 1 aliphatic rings. The summed E-state index contributed by atoms with van der Waals surface area (Å²) in [5, 5.41) is 11.5. The van der Waals surface area contributed by atoms with Gasteiger partial charge in [0.15, 0.2) is 11.5 Å². The highest BCUT2D eigenvalue weighted by atomic mass is 16.6. The second-order valence-corrected chi connectivity index (χ2v) is 5.01. The molecular weight excluding hydrogens is 268 g/mol. The number of hydrogen-bond donors (Lipinski definition) is 1. The number of hydrogen-bond acceptors (Lipinski definition) is 5. The van der Waals surface area contributed by atoms with Gasteiger partial charge in [-0.1, -0.05) is 18.2 Å². The van der Waals surface area contributed by atoms with Gasteiger partial charge >= 0.3 is 0 Å². The average molecular weight is 288 g/mol. The molecule has 21 heavy (non-hydrogen) atoms. The van der Waals surface area contributed by atoms with Crippen molar-refractivity contribution >= 4 is 0 Å². The van der Waals surface area contributed by atoms with E-state index in [0.29, 0.717) is 13.2 Å². The lowest BCUT2D eigenvalue weighted by atomic mass is 10.0. The van der Waals surface area contributed by atoms with Crippen molar-refractivity contribution in [3.8, 4) is 11.5 Å². The molecule has 1 aliphatic heterocycles. The van der Waals surface area contributed by atoms with Crippen molar-refractivity contribution < 1.29 is 9.47 Å². The summed E-state index contributed by atoms with van der Waals surface area (Å²) in [7, 11) is 1.94. The van der Waals surface area contributed by atoms with E-state index in [1.807, 2.05) is 30.1 Å². The Labute approximate surface area is 124 Å². The van der Waals surface area contributed by atoms with E-state index in [0.717, 1.165) is 35.7 Å². The van der Waals surface area contributed by atoms with Gasteiger partial charge in [-0.3, -0.25) is 0 Å². The first-order valence-corrected chi connectivity index (χ1v) is 7.28. The van der Waals surface area contributed by atoms with E-state index in [-0.39, 0.29) is 6.04 Å². The Morgan fingerprint density at radius 2 is 2.10 bits per heavy atom. The number of fused-ring (bicyclic) bond motifs is 1. The maximum absolute atomic E-state index is 5.66. The van der Waals surface area contributed by atoms with Crippen LogP contribution in [0.15, 0.2) is 24.4 Å². The molecule has 0 radical (unpaired) electrons. The summed E-state index contributed by atoms with van der Waals surface area (Å²) in [6.07, 6.45) is 2.83. The van der Waals surface area contributed by atoms with E-state index >= 15 is 0 Å². The normalized spacial score (nSPS) is 15.0. The highest BCUT2D eigenvalue weighted by Crippen LogP contribution is 2.34. The summed E-state index contributed by atoms with van der Waals surface area (Å²) in [6.45, 7) is 4.19. The van der Waals surface area contributed by atoms with Gasteiger partial charge in [0.1, 0.15) is 13.2 Å². The van der Waals surface area contributed by atoms with Gasteiger partial charge in [0, 0.05) is 6.54 Å². The van der Waals surface area contributed by atoms with Crippen LogP contribution >= 0.6 is 0 Å². The Balaban J connectivity index is 1.94. The van der Waals surface area contributed by atoms with Crippen LogP contribution in [0.4, 0.5) is 0 Å². The lowest BCUT2D eigenvalue weighted by Crippen LogP contribution is -2.22. The molecule has 1 aromatic heterocycles. The van der Waals surface area contributed by atoms with Gasteiger partial charge in [-0.15, -0.1) is 5.10 Å². The van der Waals surface area contributed by atoms with Crippen molar-refractivity contribution in [2.24, 2.45) is 0 Å². The largest absolute Gasteiger partial charge is 0.486 e. The van der Waals surface area contributed by atoms with Gasteiger partial charge in [-0.2, -0.15) is 0 Å². The Morgan fingerprint density at radius 1 is 1.29 bits per heavy atom. The molecule has 6 nitrogen and oxygen atoms in total. The molecule has 0 saturated carbocycles. The third-order valence-corrected chi connectivity index (χ3v) is 3.57. The molecule has 3 rings (SSSR count). The lowest BCUT2D eigenvalue weighted by Gasteiger charge is -2.22. The van der Waals surface area contributed by atoms with Crippen molar-refractivity contribution in [1.29, 1.82) is 0 Å². The molecule has 6 heteroatoms. The molecule has 0 bridgehead atoms. The molecule has 2 heterocycles. The summed E-state index contributed by atoms with van der Waals surface area (Å²) in [5.41, 5.74) is 2.16. The van der Waals surface area contributed by atoms with Crippen LogP contribution in [0.2, 0.25) is 0 Å². The van der Waals surface area contributed by atoms with E-state index in [2.05, 4.69) is 28.6 Å². The Morgan fingerprint density at radius 3 is 2.86 bits per heavy atom. The zero-order valence-corrected chi connectivity index (χ0v) is 12.4. The van der Waals surface area contributed by atoms with Crippen LogP contribution in [0.3, 0.4) is 0 Å². The van der Waals surface area contributed by atoms with Crippen molar-refractivity contribution in [3.05, 3.63) is 35.7 Å². The smallest absolute Gasteiger partial charge is 0.161 e. The number of benzene rings is 1. The third kappa shape index (κ3) is 2.71. The predicted molar refractivity (Wildman–Crippen MR) is 78.6 cm³/mol. The lowest BCUT2D eigenvalue weighted by molar-refractivity contribution is 0.171. The number of aryl methyl sites for hydroxylation is 1. The standard InChI is InChI=1S/C15H20N4O2/c1-3-6-19-12(10-17-18-19)15(16-2)11-4-5-13-14(9-11)21-8-7-20-13/h4-5,9-10,15-16H,3,6-8H2,1-2H3. The summed E-state index contributed by atoms with van der Waals surface area (Å²) >= 11 is 0. The topological polar surface area (TPSA) is 61.2 Å². The molecule has 0 spiro atoms. The molecule has 0 aliphatic carbocycles.